The number of hydrogen-bond donors (Lipinski definition) is 0. The van der Waals surface area contributed by atoms with Crippen LogP contribution in [0.15, 0.2) is 79.0 Å². The molecule has 120 valence electrons. The summed E-state index contributed by atoms with van der Waals surface area (Å²) in [4.78, 5) is 4.46. The van der Waals surface area contributed by atoms with Crippen molar-refractivity contribution in [1.29, 1.82) is 0 Å². The van der Waals surface area contributed by atoms with E-state index in [1.165, 1.54) is 33.0 Å². The zero-order valence-corrected chi connectivity index (χ0v) is 14.4. The van der Waals surface area contributed by atoms with Crippen LogP contribution in [0.2, 0.25) is 0 Å². The monoisotopic (exact) mass is 322 g/mol. The van der Waals surface area contributed by atoms with Crippen molar-refractivity contribution in [2.75, 3.05) is 0 Å². The summed E-state index contributed by atoms with van der Waals surface area (Å²) in [7, 11) is 0. The molecule has 4 aromatic rings. The largest absolute Gasteiger partial charge is 0.256 e. The highest BCUT2D eigenvalue weighted by molar-refractivity contribution is 5.98. The lowest BCUT2D eigenvalue weighted by Crippen LogP contribution is -2.15. The zero-order valence-electron chi connectivity index (χ0n) is 15.4. The van der Waals surface area contributed by atoms with Gasteiger partial charge in [-0.2, -0.15) is 0 Å². The lowest BCUT2D eigenvalue weighted by Gasteiger charge is -2.23. The minimum absolute atomic E-state index is 0.0330. The molecule has 3 aromatic carbocycles. The number of rotatable bonds is 1. The highest BCUT2D eigenvalue weighted by Crippen LogP contribution is 2.51. The van der Waals surface area contributed by atoms with E-state index in [1.54, 1.807) is 12.3 Å². The molecule has 0 unspecified atom stereocenters. The standard InChI is InChI=1S/C24H19N/c1-24(2)21-13-11-17(22-9-5-6-14-25-22)15-20(21)19-12-10-16-7-3-4-8-18(16)23(19)24/h3-15H,1-2H3/i5D. The van der Waals surface area contributed by atoms with Gasteiger partial charge in [-0.25, -0.2) is 0 Å². The molecule has 0 fully saturated rings. The third-order valence-corrected chi connectivity index (χ3v) is 5.44. The number of pyridine rings is 1. The topological polar surface area (TPSA) is 12.9 Å². The first kappa shape index (κ1) is 13.4. The van der Waals surface area contributed by atoms with Crippen LogP contribution < -0.4 is 0 Å². The van der Waals surface area contributed by atoms with Crippen LogP contribution in [0.25, 0.3) is 33.2 Å². The summed E-state index contributed by atoms with van der Waals surface area (Å²) in [6.45, 7) is 4.62. The summed E-state index contributed by atoms with van der Waals surface area (Å²) < 4.78 is 7.87. The summed E-state index contributed by atoms with van der Waals surface area (Å²) >= 11 is 0. The Morgan fingerprint density at radius 1 is 0.880 bits per heavy atom. The number of aromatic nitrogens is 1. The normalized spacial score (nSPS) is 14.9. The summed E-state index contributed by atoms with van der Waals surface area (Å²) in [5.74, 6) is 0. The maximum atomic E-state index is 7.87. The maximum absolute atomic E-state index is 7.87. The van der Waals surface area contributed by atoms with Gasteiger partial charge in [0.05, 0.1) is 7.06 Å². The first-order valence-corrected chi connectivity index (χ1v) is 8.66. The van der Waals surface area contributed by atoms with Gasteiger partial charge >= 0.3 is 0 Å². The Balaban J connectivity index is 1.79. The van der Waals surface area contributed by atoms with Gasteiger partial charge in [0.15, 0.2) is 0 Å². The Morgan fingerprint density at radius 2 is 1.76 bits per heavy atom. The highest BCUT2D eigenvalue weighted by Gasteiger charge is 2.36. The van der Waals surface area contributed by atoms with Crippen LogP contribution in [0.3, 0.4) is 0 Å². The van der Waals surface area contributed by atoms with Gasteiger partial charge in [-0.3, -0.25) is 4.98 Å². The minimum atomic E-state index is -0.0330. The third-order valence-electron chi connectivity index (χ3n) is 5.44. The predicted octanol–water partition coefficient (Wildman–Crippen LogP) is 6.21. The lowest BCUT2D eigenvalue weighted by atomic mass is 9.80. The molecular formula is C24H19N. The zero-order chi connectivity index (χ0) is 17.9. The molecule has 0 radical (unpaired) electrons. The molecule has 1 aliphatic rings. The molecule has 0 atom stereocenters. The Hall–Kier alpha value is -2.93. The van der Waals surface area contributed by atoms with Gasteiger partial charge in [-0.15, -0.1) is 0 Å². The van der Waals surface area contributed by atoms with E-state index in [0.29, 0.717) is 6.04 Å². The average Bonchev–Trinajstić information content (AvgIpc) is 2.89. The maximum Gasteiger partial charge on any atom is 0.0702 e. The Bertz CT molecular complexity index is 1170. The van der Waals surface area contributed by atoms with Crippen molar-refractivity contribution in [3.05, 3.63) is 90.1 Å². The molecule has 0 aliphatic heterocycles. The molecule has 0 saturated heterocycles. The number of hydrogen-bond acceptors (Lipinski definition) is 1. The third kappa shape index (κ3) is 1.99. The van der Waals surface area contributed by atoms with Gasteiger partial charge in [-0.1, -0.05) is 68.4 Å². The van der Waals surface area contributed by atoms with Crippen molar-refractivity contribution in [1.82, 2.24) is 4.98 Å². The molecule has 1 nitrogen and oxygen atoms in total. The molecular weight excluding hydrogens is 302 g/mol. The van der Waals surface area contributed by atoms with Crippen LogP contribution in [0.1, 0.15) is 26.3 Å². The number of benzene rings is 3. The van der Waals surface area contributed by atoms with Gasteiger partial charge in [0.25, 0.3) is 0 Å². The van der Waals surface area contributed by atoms with Crippen LogP contribution in [-0.2, 0) is 5.41 Å². The van der Waals surface area contributed by atoms with Crippen LogP contribution >= 0.6 is 0 Å². The van der Waals surface area contributed by atoms with Crippen molar-refractivity contribution < 1.29 is 1.37 Å². The lowest BCUT2D eigenvalue weighted by molar-refractivity contribution is 0.666. The SMILES string of the molecule is [2H]c1ccnc(-c2ccc3c(c2)-c2ccc4ccccc4c2C3(C)C)c1. The second kappa shape index (κ2) is 5.03. The Morgan fingerprint density at radius 3 is 2.64 bits per heavy atom. The van der Waals surface area contributed by atoms with E-state index in [9.17, 15) is 0 Å². The molecule has 1 heteroatoms. The molecule has 1 aliphatic carbocycles. The molecule has 0 saturated carbocycles. The van der Waals surface area contributed by atoms with Crippen molar-refractivity contribution >= 4 is 10.8 Å². The second-order valence-electron chi connectivity index (χ2n) is 7.24. The van der Waals surface area contributed by atoms with E-state index < -0.39 is 0 Å². The smallest absolute Gasteiger partial charge is 0.0702 e. The molecule has 0 bridgehead atoms. The summed E-state index contributed by atoms with van der Waals surface area (Å²) in [5, 5.41) is 2.62. The summed E-state index contributed by atoms with van der Waals surface area (Å²) in [5.41, 5.74) is 7.24. The van der Waals surface area contributed by atoms with Crippen molar-refractivity contribution in [2.24, 2.45) is 0 Å². The first-order chi connectivity index (χ1) is 12.6. The highest BCUT2D eigenvalue weighted by atomic mass is 14.7. The van der Waals surface area contributed by atoms with Gasteiger partial charge in [-0.05, 0) is 51.2 Å². The van der Waals surface area contributed by atoms with E-state index in [2.05, 4.69) is 73.4 Å². The molecule has 0 N–H and O–H groups in total. The second-order valence-corrected chi connectivity index (χ2v) is 7.24. The fraction of sp³-hybridized carbons (Fsp3) is 0.125. The molecule has 5 rings (SSSR count). The fourth-order valence-corrected chi connectivity index (χ4v) is 4.26. The Kier molecular flexibility index (Phi) is 2.69. The number of fused-ring (bicyclic) bond motifs is 5. The van der Waals surface area contributed by atoms with Crippen molar-refractivity contribution in [2.45, 2.75) is 19.3 Å². The van der Waals surface area contributed by atoms with Crippen molar-refractivity contribution in [3.63, 3.8) is 0 Å². The first-order valence-electron chi connectivity index (χ1n) is 9.16. The van der Waals surface area contributed by atoms with Gasteiger partial charge in [0.1, 0.15) is 0 Å². The molecule has 0 amide bonds. The van der Waals surface area contributed by atoms with Gasteiger partial charge in [0.2, 0.25) is 0 Å². The fourth-order valence-electron chi connectivity index (χ4n) is 4.26. The summed E-state index contributed by atoms with van der Waals surface area (Å²) in [6.07, 6.45) is 1.70. The van der Waals surface area contributed by atoms with Crippen molar-refractivity contribution in [3.8, 4) is 22.4 Å². The molecule has 1 aromatic heterocycles. The molecule has 1 heterocycles. The van der Waals surface area contributed by atoms with E-state index in [1.807, 2.05) is 6.07 Å². The van der Waals surface area contributed by atoms with Crippen LogP contribution in [0.5, 0.6) is 0 Å². The van der Waals surface area contributed by atoms with E-state index in [4.69, 9.17) is 1.37 Å². The molecule has 25 heavy (non-hydrogen) atoms. The van der Waals surface area contributed by atoms with Gasteiger partial charge in [0, 0.05) is 17.2 Å². The van der Waals surface area contributed by atoms with Crippen LogP contribution in [-0.4, -0.2) is 4.98 Å². The quantitative estimate of drug-likeness (QED) is 0.406. The van der Waals surface area contributed by atoms with E-state index in [0.717, 1.165) is 11.3 Å². The van der Waals surface area contributed by atoms with E-state index in [-0.39, 0.29) is 5.41 Å². The minimum Gasteiger partial charge on any atom is -0.256 e. The molecule has 0 spiro atoms. The van der Waals surface area contributed by atoms with Crippen LogP contribution in [0, 0.1) is 0 Å². The van der Waals surface area contributed by atoms with E-state index >= 15 is 0 Å². The number of nitrogens with zero attached hydrogens (tertiary/aromatic N) is 1. The Labute approximate surface area is 149 Å². The van der Waals surface area contributed by atoms with Crippen LogP contribution in [0.4, 0.5) is 0 Å². The predicted molar refractivity (Wildman–Crippen MR) is 105 cm³/mol. The average molecular weight is 322 g/mol. The summed E-state index contributed by atoms with van der Waals surface area (Å²) in [6, 6.07) is 23.7. The van der Waals surface area contributed by atoms with Gasteiger partial charge < -0.3 is 0 Å².